The van der Waals surface area contributed by atoms with Crippen LogP contribution in [0.2, 0.25) is 0 Å². The van der Waals surface area contributed by atoms with Gasteiger partial charge in [0.25, 0.3) is 0 Å². The van der Waals surface area contributed by atoms with Crippen LogP contribution in [0, 0.1) is 47.3 Å². The third-order valence-electron chi connectivity index (χ3n) is 10.1. The Bertz CT molecular complexity index is 972. The van der Waals surface area contributed by atoms with Gasteiger partial charge < -0.3 is 19.3 Å². The van der Waals surface area contributed by atoms with E-state index in [0.717, 1.165) is 25.0 Å². The first-order valence-electron chi connectivity index (χ1n) is 12.4. The number of rotatable bonds is 2. The summed E-state index contributed by atoms with van der Waals surface area (Å²) in [4.78, 5) is 25.6. The summed E-state index contributed by atoms with van der Waals surface area (Å²) in [6.45, 7) is 8.41. The molecule has 3 fully saturated rings. The van der Waals surface area contributed by atoms with E-state index in [1.807, 2.05) is 6.92 Å². The van der Waals surface area contributed by atoms with Gasteiger partial charge in [-0.25, -0.2) is 4.79 Å². The lowest BCUT2D eigenvalue weighted by Gasteiger charge is -2.48. The fraction of sp³-hybridized carbons (Fsp3) is 0.769. The van der Waals surface area contributed by atoms with Crippen LogP contribution >= 0.6 is 11.6 Å². The van der Waals surface area contributed by atoms with E-state index in [0.29, 0.717) is 5.57 Å². The maximum absolute atomic E-state index is 13.4. The number of ether oxygens (including phenoxy) is 3. The molecule has 7 heteroatoms. The van der Waals surface area contributed by atoms with E-state index in [9.17, 15) is 14.7 Å². The zero-order valence-corrected chi connectivity index (χ0v) is 20.4. The van der Waals surface area contributed by atoms with Crippen LogP contribution in [0.25, 0.3) is 0 Å². The molecule has 0 aromatic heterocycles. The summed E-state index contributed by atoms with van der Waals surface area (Å²) in [5.41, 5.74) is 1.63. The predicted octanol–water partition coefficient (Wildman–Crippen LogP) is 3.61. The molecular weight excluding hydrogens is 444 g/mol. The first kappa shape index (κ1) is 22.0. The summed E-state index contributed by atoms with van der Waals surface area (Å²) >= 11 is 5.79. The van der Waals surface area contributed by atoms with Gasteiger partial charge in [-0.3, -0.25) is 4.79 Å². The van der Waals surface area contributed by atoms with Gasteiger partial charge in [-0.15, -0.1) is 11.6 Å². The van der Waals surface area contributed by atoms with Crippen LogP contribution in [0.15, 0.2) is 23.0 Å². The molecule has 3 aliphatic carbocycles. The van der Waals surface area contributed by atoms with Gasteiger partial charge in [-0.2, -0.15) is 0 Å². The van der Waals surface area contributed by atoms with Crippen molar-refractivity contribution in [2.24, 2.45) is 47.3 Å². The molecule has 3 aliphatic heterocycles. The number of aliphatic hydroxyl groups is 1. The summed E-state index contributed by atoms with van der Waals surface area (Å²) in [6, 6.07) is 0. The standard InChI is InChI=1S/C26H33ClO6/c1-10-7-14-19(23(12(3)22(14)29)32-17(28)9-27)18-13(10)8-15-20(18)21-24-11(2)16(31-25(21)30)5-6-26(15,4)33-24/h7,11-16,18-20,22-23,29H,5-6,8-9H2,1-4H3/t11-,12-,13-,14+,15+,16+,18-,19-,20+,22-,23+,26-/m1/s1. The van der Waals surface area contributed by atoms with E-state index >= 15 is 0 Å². The monoisotopic (exact) mass is 476 g/mol. The Morgan fingerprint density at radius 1 is 1.33 bits per heavy atom. The minimum Gasteiger partial charge on any atom is -0.491 e. The Morgan fingerprint density at radius 3 is 2.82 bits per heavy atom. The van der Waals surface area contributed by atoms with Crippen molar-refractivity contribution >= 4 is 23.5 Å². The maximum Gasteiger partial charge on any atom is 0.338 e. The highest BCUT2D eigenvalue weighted by atomic mass is 35.5. The molecule has 0 aromatic rings. The molecule has 0 spiro atoms. The molecular formula is C26H33ClO6. The average molecular weight is 477 g/mol. The summed E-state index contributed by atoms with van der Waals surface area (Å²) in [7, 11) is 0. The molecule has 12 atom stereocenters. The van der Waals surface area contributed by atoms with Crippen LogP contribution in [-0.4, -0.2) is 46.8 Å². The smallest absolute Gasteiger partial charge is 0.338 e. The zero-order valence-electron chi connectivity index (χ0n) is 19.6. The summed E-state index contributed by atoms with van der Waals surface area (Å²) < 4.78 is 18.5. The van der Waals surface area contributed by atoms with Crippen LogP contribution in [0.1, 0.15) is 47.0 Å². The van der Waals surface area contributed by atoms with Gasteiger partial charge in [-0.1, -0.05) is 25.5 Å². The highest BCUT2D eigenvalue weighted by molar-refractivity contribution is 6.26. The number of carbonyl (C=O) groups is 2. The Balaban J connectivity index is 1.51. The van der Waals surface area contributed by atoms with Crippen molar-refractivity contribution in [2.75, 3.05) is 5.88 Å². The minimum absolute atomic E-state index is 0.0244. The molecule has 1 N–H and O–H groups in total. The Hall–Kier alpha value is -1.53. The van der Waals surface area contributed by atoms with E-state index in [2.05, 4.69) is 26.8 Å². The number of hydrogen-bond acceptors (Lipinski definition) is 6. The number of fused-ring (bicyclic) bond motifs is 9. The fourth-order valence-corrected chi connectivity index (χ4v) is 8.57. The topological polar surface area (TPSA) is 82.1 Å². The van der Waals surface area contributed by atoms with E-state index in [1.54, 1.807) is 0 Å². The van der Waals surface area contributed by atoms with Crippen LogP contribution < -0.4 is 0 Å². The lowest BCUT2D eigenvalue weighted by Crippen LogP contribution is -2.49. The van der Waals surface area contributed by atoms with E-state index in [1.165, 1.54) is 5.57 Å². The lowest BCUT2D eigenvalue weighted by atomic mass is 9.63. The van der Waals surface area contributed by atoms with E-state index < -0.39 is 18.2 Å². The number of carbonyl (C=O) groups excluding carboxylic acids is 2. The fourth-order valence-electron chi connectivity index (χ4n) is 8.51. The van der Waals surface area contributed by atoms with E-state index in [-0.39, 0.29) is 70.9 Å². The first-order chi connectivity index (χ1) is 15.7. The number of aliphatic hydroxyl groups excluding tert-OH is 1. The summed E-state index contributed by atoms with van der Waals surface area (Å²) in [6.07, 6.45) is 3.64. The molecule has 0 unspecified atom stereocenters. The molecule has 3 heterocycles. The molecule has 0 radical (unpaired) electrons. The van der Waals surface area contributed by atoms with Gasteiger partial charge in [0, 0.05) is 29.6 Å². The highest BCUT2D eigenvalue weighted by Gasteiger charge is 2.67. The average Bonchev–Trinajstić information content (AvgIpc) is 3.27. The summed E-state index contributed by atoms with van der Waals surface area (Å²) in [5, 5.41) is 11.2. The van der Waals surface area contributed by atoms with Gasteiger partial charge in [0.2, 0.25) is 0 Å². The number of esters is 2. The van der Waals surface area contributed by atoms with Crippen molar-refractivity contribution in [3.63, 3.8) is 0 Å². The van der Waals surface area contributed by atoms with Gasteiger partial charge >= 0.3 is 11.9 Å². The summed E-state index contributed by atoms with van der Waals surface area (Å²) in [5.74, 6) is 0.0849. The molecule has 0 amide bonds. The molecule has 3 bridgehead atoms. The lowest BCUT2D eigenvalue weighted by molar-refractivity contribution is -0.157. The Kier molecular flexibility index (Phi) is 4.82. The van der Waals surface area contributed by atoms with Crippen LogP contribution in [-0.2, 0) is 23.8 Å². The van der Waals surface area contributed by atoms with Crippen molar-refractivity contribution in [3.05, 3.63) is 23.0 Å². The number of allylic oxidation sites excluding steroid dienone is 1. The second-order valence-electron chi connectivity index (χ2n) is 11.5. The van der Waals surface area contributed by atoms with Gasteiger partial charge in [0.15, 0.2) is 0 Å². The van der Waals surface area contributed by atoms with Crippen molar-refractivity contribution in [3.8, 4) is 0 Å². The molecule has 1 saturated heterocycles. The zero-order chi connectivity index (χ0) is 23.4. The predicted molar refractivity (Wildman–Crippen MR) is 120 cm³/mol. The first-order valence-corrected chi connectivity index (χ1v) is 13.0. The molecule has 6 aliphatic rings. The van der Waals surface area contributed by atoms with Crippen molar-refractivity contribution in [2.45, 2.75) is 70.9 Å². The largest absolute Gasteiger partial charge is 0.491 e. The molecule has 33 heavy (non-hydrogen) atoms. The second-order valence-corrected chi connectivity index (χ2v) is 11.8. The highest BCUT2D eigenvalue weighted by Crippen LogP contribution is 2.66. The number of hydrogen-bond donors (Lipinski definition) is 1. The van der Waals surface area contributed by atoms with Crippen molar-refractivity contribution < 1.29 is 28.9 Å². The van der Waals surface area contributed by atoms with Gasteiger partial charge in [0.1, 0.15) is 29.4 Å². The van der Waals surface area contributed by atoms with Crippen LogP contribution in [0.4, 0.5) is 0 Å². The Morgan fingerprint density at radius 2 is 2.09 bits per heavy atom. The number of alkyl halides is 1. The quantitative estimate of drug-likeness (QED) is 0.372. The molecule has 0 aromatic carbocycles. The van der Waals surface area contributed by atoms with Crippen LogP contribution in [0.5, 0.6) is 0 Å². The Labute approximate surface area is 199 Å². The van der Waals surface area contributed by atoms with E-state index in [4.69, 9.17) is 25.8 Å². The van der Waals surface area contributed by atoms with Gasteiger partial charge in [0.05, 0.1) is 17.6 Å². The van der Waals surface area contributed by atoms with Gasteiger partial charge in [-0.05, 0) is 44.9 Å². The molecule has 2 saturated carbocycles. The normalized spacial score (nSPS) is 51.6. The third-order valence-corrected chi connectivity index (χ3v) is 10.3. The molecule has 180 valence electrons. The third kappa shape index (κ3) is 2.83. The molecule has 6 rings (SSSR count). The SMILES string of the molecule is CC1=C[C@@H]2[C@H](O)[C@@H](C)[C@H](OC(=O)CCl)[C@H]2[C@@H]2[C@H]3C4=C5O[C@](C)(CC[C@H](OC4=O)[C@H]5C)[C@H]3C[C@H]12. The number of halogens is 1. The minimum atomic E-state index is -0.602. The van der Waals surface area contributed by atoms with Crippen molar-refractivity contribution in [1.29, 1.82) is 0 Å². The second kappa shape index (κ2) is 7.24. The van der Waals surface area contributed by atoms with Crippen molar-refractivity contribution in [1.82, 2.24) is 0 Å². The maximum atomic E-state index is 13.4. The molecule has 6 nitrogen and oxygen atoms in total. The van der Waals surface area contributed by atoms with Crippen LogP contribution in [0.3, 0.4) is 0 Å².